The predicted molar refractivity (Wildman–Crippen MR) is 104 cm³/mol. The van der Waals surface area contributed by atoms with Crippen LogP contribution in [0.3, 0.4) is 0 Å². The summed E-state index contributed by atoms with van der Waals surface area (Å²) in [5, 5.41) is 0. The highest BCUT2D eigenvalue weighted by Gasteiger charge is 2.18. The molecule has 0 radical (unpaired) electrons. The molecule has 1 heterocycles. The first-order valence-corrected chi connectivity index (χ1v) is 8.96. The minimum atomic E-state index is -0.417. The van der Waals surface area contributed by atoms with Crippen LogP contribution in [0.1, 0.15) is 26.4 Å². The van der Waals surface area contributed by atoms with Crippen LogP contribution in [-0.2, 0) is 11.2 Å². The molecule has 0 atom stereocenters. The van der Waals surface area contributed by atoms with Gasteiger partial charge < -0.3 is 10.5 Å². The van der Waals surface area contributed by atoms with Crippen molar-refractivity contribution in [2.75, 3.05) is 7.11 Å². The normalized spacial score (nSPS) is 10.5. The molecular weight excluding hydrogens is 346 g/mol. The van der Waals surface area contributed by atoms with Crippen molar-refractivity contribution in [3.63, 3.8) is 0 Å². The molecule has 0 unspecified atom stereocenters. The van der Waals surface area contributed by atoms with Gasteiger partial charge in [0, 0.05) is 10.4 Å². The van der Waals surface area contributed by atoms with Gasteiger partial charge in [-0.2, -0.15) is 0 Å². The van der Waals surface area contributed by atoms with E-state index in [9.17, 15) is 9.59 Å². The number of ketones is 1. The second kappa shape index (κ2) is 7.54. The van der Waals surface area contributed by atoms with Crippen molar-refractivity contribution in [1.29, 1.82) is 0 Å². The zero-order valence-electron chi connectivity index (χ0n) is 14.6. The van der Waals surface area contributed by atoms with Crippen LogP contribution in [0, 0.1) is 6.92 Å². The maximum atomic E-state index is 12.8. The fourth-order valence-electron chi connectivity index (χ4n) is 2.69. The van der Waals surface area contributed by atoms with Crippen molar-refractivity contribution in [1.82, 2.24) is 0 Å². The second-order valence-corrected chi connectivity index (χ2v) is 7.08. The number of thiophene rings is 1. The van der Waals surface area contributed by atoms with Gasteiger partial charge in [0.05, 0.1) is 18.4 Å². The third-order valence-electron chi connectivity index (χ3n) is 4.06. The minimum Gasteiger partial charge on any atom is -0.497 e. The Balaban J connectivity index is 2.00. The van der Waals surface area contributed by atoms with Gasteiger partial charge in [0.25, 0.3) is 0 Å². The molecule has 1 aromatic heterocycles. The molecule has 0 fully saturated rings. The van der Waals surface area contributed by atoms with Crippen molar-refractivity contribution in [3.05, 3.63) is 76.2 Å². The number of hydrogen-bond donors (Lipinski definition) is 1. The first-order chi connectivity index (χ1) is 12.5. The second-order valence-electron chi connectivity index (χ2n) is 6.03. The minimum absolute atomic E-state index is 0.0817. The standard InChI is InChI=1S/C21H19NO3S/c1-13-3-5-15(6-4-13)21-16(12-19(22)23)11-18(26-21)20(24)14-7-9-17(25-2)10-8-14/h3-11H,12H2,1-2H3,(H2,22,23). The summed E-state index contributed by atoms with van der Waals surface area (Å²) in [7, 11) is 1.58. The van der Waals surface area contributed by atoms with E-state index >= 15 is 0 Å². The number of carbonyl (C=O) groups excluding carboxylic acids is 2. The molecule has 5 heteroatoms. The van der Waals surface area contributed by atoms with E-state index in [1.54, 1.807) is 37.4 Å². The molecule has 26 heavy (non-hydrogen) atoms. The van der Waals surface area contributed by atoms with Gasteiger partial charge in [0.2, 0.25) is 11.7 Å². The SMILES string of the molecule is COc1ccc(C(=O)c2cc(CC(N)=O)c(-c3ccc(C)cc3)s2)cc1. The van der Waals surface area contributed by atoms with Gasteiger partial charge in [-0.05, 0) is 48.4 Å². The van der Waals surface area contributed by atoms with E-state index in [-0.39, 0.29) is 12.2 Å². The van der Waals surface area contributed by atoms with Gasteiger partial charge in [-0.3, -0.25) is 9.59 Å². The molecule has 1 amide bonds. The van der Waals surface area contributed by atoms with E-state index in [1.165, 1.54) is 11.3 Å². The molecule has 132 valence electrons. The fraction of sp³-hybridized carbons (Fsp3) is 0.143. The molecule has 3 aromatic rings. The summed E-state index contributed by atoms with van der Waals surface area (Å²) in [5.74, 6) is 0.198. The van der Waals surface area contributed by atoms with E-state index < -0.39 is 5.91 Å². The largest absolute Gasteiger partial charge is 0.497 e. The topological polar surface area (TPSA) is 69.4 Å². The molecule has 4 nitrogen and oxygen atoms in total. The van der Waals surface area contributed by atoms with Crippen molar-refractivity contribution in [2.24, 2.45) is 5.73 Å². The number of rotatable bonds is 6. The predicted octanol–water partition coefficient (Wildman–Crippen LogP) is 3.99. The summed E-state index contributed by atoms with van der Waals surface area (Å²) in [6.07, 6.45) is 0.107. The van der Waals surface area contributed by atoms with Crippen LogP contribution in [0.2, 0.25) is 0 Å². The first kappa shape index (κ1) is 17.9. The Hall–Kier alpha value is -2.92. The first-order valence-electron chi connectivity index (χ1n) is 8.14. The highest BCUT2D eigenvalue weighted by Crippen LogP contribution is 2.34. The molecule has 2 aromatic carbocycles. The summed E-state index contributed by atoms with van der Waals surface area (Å²) in [5.41, 5.74) is 8.88. The van der Waals surface area contributed by atoms with E-state index in [1.807, 2.05) is 31.2 Å². The van der Waals surface area contributed by atoms with Gasteiger partial charge in [-0.1, -0.05) is 29.8 Å². The van der Waals surface area contributed by atoms with Crippen LogP contribution in [0.5, 0.6) is 5.75 Å². The van der Waals surface area contributed by atoms with Gasteiger partial charge in [0.15, 0.2) is 0 Å². The van der Waals surface area contributed by atoms with E-state index in [0.717, 1.165) is 21.6 Å². The zero-order chi connectivity index (χ0) is 18.7. The maximum absolute atomic E-state index is 12.8. The number of hydrogen-bond acceptors (Lipinski definition) is 4. The summed E-state index contributed by atoms with van der Waals surface area (Å²) in [4.78, 5) is 25.8. The van der Waals surface area contributed by atoms with Crippen LogP contribution in [0.15, 0.2) is 54.6 Å². The molecule has 0 spiro atoms. The molecule has 0 aliphatic heterocycles. The number of ether oxygens (including phenoxy) is 1. The van der Waals surface area contributed by atoms with E-state index in [0.29, 0.717) is 16.2 Å². The quantitative estimate of drug-likeness (QED) is 0.672. The van der Waals surface area contributed by atoms with Gasteiger partial charge in [0.1, 0.15) is 5.75 Å². The van der Waals surface area contributed by atoms with E-state index in [4.69, 9.17) is 10.5 Å². The van der Waals surface area contributed by atoms with Gasteiger partial charge >= 0.3 is 0 Å². The Kier molecular flexibility index (Phi) is 5.19. The van der Waals surface area contributed by atoms with Crippen molar-refractivity contribution in [3.8, 4) is 16.2 Å². The number of carbonyl (C=O) groups is 2. The van der Waals surface area contributed by atoms with Crippen LogP contribution < -0.4 is 10.5 Å². The van der Waals surface area contributed by atoms with Crippen LogP contribution >= 0.6 is 11.3 Å². The Morgan fingerprint density at radius 2 is 1.69 bits per heavy atom. The van der Waals surface area contributed by atoms with Gasteiger partial charge in [-0.15, -0.1) is 11.3 Å². The molecule has 0 saturated carbocycles. The Bertz CT molecular complexity index is 940. The molecule has 0 aliphatic rings. The summed E-state index contributed by atoms with van der Waals surface area (Å²) in [6.45, 7) is 2.02. The van der Waals surface area contributed by atoms with Crippen molar-refractivity contribution < 1.29 is 14.3 Å². The Morgan fingerprint density at radius 1 is 1.04 bits per heavy atom. The number of primary amides is 1. The molecule has 0 saturated heterocycles. The van der Waals surface area contributed by atoms with Crippen LogP contribution in [0.4, 0.5) is 0 Å². The highest BCUT2D eigenvalue weighted by molar-refractivity contribution is 7.17. The monoisotopic (exact) mass is 365 g/mol. The van der Waals surface area contributed by atoms with Crippen molar-refractivity contribution in [2.45, 2.75) is 13.3 Å². The highest BCUT2D eigenvalue weighted by atomic mass is 32.1. The van der Waals surface area contributed by atoms with Gasteiger partial charge in [-0.25, -0.2) is 0 Å². The average Bonchev–Trinajstić information content (AvgIpc) is 3.05. The fourth-order valence-corrected chi connectivity index (χ4v) is 3.84. The molecule has 2 N–H and O–H groups in total. The number of methoxy groups -OCH3 is 1. The number of benzene rings is 2. The lowest BCUT2D eigenvalue weighted by Crippen LogP contribution is -2.13. The number of nitrogens with two attached hydrogens (primary N) is 1. The lowest BCUT2D eigenvalue weighted by Gasteiger charge is -2.02. The number of amides is 1. The van der Waals surface area contributed by atoms with Crippen LogP contribution in [-0.4, -0.2) is 18.8 Å². The molecule has 0 bridgehead atoms. The Morgan fingerprint density at radius 3 is 2.27 bits per heavy atom. The van der Waals surface area contributed by atoms with Crippen molar-refractivity contribution >= 4 is 23.0 Å². The lowest BCUT2D eigenvalue weighted by atomic mass is 10.0. The molecule has 0 aliphatic carbocycles. The van der Waals surface area contributed by atoms with Crippen LogP contribution in [0.25, 0.3) is 10.4 Å². The maximum Gasteiger partial charge on any atom is 0.221 e. The Labute approximate surface area is 156 Å². The zero-order valence-corrected chi connectivity index (χ0v) is 15.4. The third-order valence-corrected chi connectivity index (χ3v) is 5.29. The lowest BCUT2D eigenvalue weighted by molar-refractivity contribution is -0.117. The summed E-state index contributed by atoms with van der Waals surface area (Å²) < 4.78 is 5.13. The smallest absolute Gasteiger partial charge is 0.221 e. The summed E-state index contributed by atoms with van der Waals surface area (Å²) >= 11 is 1.38. The summed E-state index contributed by atoms with van der Waals surface area (Å²) in [6, 6.07) is 16.8. The third kappa shape index (κ3) is 3.83. The average molecular weight is 365 g/mol. The molecular formula is C21H19NO3S. The number of aryl methyl sites for hydroxylation is 1. The molecule has 3 rings (SSSR count). The van der Waals surface area contributed by atoms with E-state index in [2.05, 4.69) is 0 Å².